The highest BCUT2D eigenvalue weighted by Crippen LogP contribution is 2.45. The Kier molecular flexibility index (Phi) is 2.91. The first-order valence-corrected chi connectivity index (χ1v) is 8.60. The van der Waals surface area contributed by atoms with Crippen LogP contribution in [0.5, 0.6) is 0 Å². The second-order valence-corrected chi connectivity index (χ2v) is 6.71. The summed E-state index contributed by atoms with van der Waals surface area (Å²) in [5.41, 5.74) is 12.8. The summed E-state index contributed by atoms with van der Waals surface area (Å²) >= 11 is 0. The molecule has 0 radical (unpaired) electrons. The SMILES string of the molecule is C#Cc1c(C#CC)ccc2c1Cc1cc3c(cc1-2)-c1ccccc1C3. The third-order valence-electron chi connectivity index (χ3n) is 5.39. The Labute approximate surface area is 148 Å². The van der Waals surface area contributed by atoms with E-state index >= 15 is 0 Å². The van der Waals surface area contributed by atoms with Crippen LogP contribution in [-0.2, 0) is 12.8 Å². The molecule has 5 rings (SSSR count). The number of rotatable bonds is 0. The van der Waals surface area contributed by atoms with Crippen molar-refractivity contribution in [2.24, 2.45) is 0 Å². The van der Waals surface area contributed by atoms with E-state index in [4.69, 9.17) is 6.42 Å². The quantitative estimate of drug-likeness (QED) is 0.345. The first-order chi connectivity index (χ1) is 12.3. The van der Waals surface area contributed by atoms with Gasteiger partial charge in [0.1, 0.15) is 0 Å². The smallest absolute Gasteiger partial charge is 0.0440 e. The maximum Gasteiger partial charge on any atom is 0.0440 e. The van der Waals surface area contributed by atoms with Gasteiger partial charge in [-0.25, -0.2) is 0 Å². The van der Waals surface area contributed by atoms with Gasteiger partial charge in [0.05, 0.1) is 0 Å². The molecule has 0 aliphatic heterocycles. The molecular weight excluding hydrogens is 300 g/mol. The number of hydrogen-bond donors (Lipinski definition) is 0. The standard InChI is InChI=1S/C25H16/c1-3-7-16-10-11-22-24-15-23-18(12-17-8-5-6-9-21(17)23)13-19(24)14-25(22)20(16)4-2/h2,5-6,8-11,13,15H,12,14H2,1H3. The zero-order chi connectivity index (χ0) is 17.0. The minimum atomic E-state index is 0.910. The summed E-state index contributed by atoms with van der Waals surface area (Å²) in [6.45, 7) is 1.85. The Morgan fingerprint density at radius 3 is 2.44 bits per heavy atom. The van der Waals surface area contributed by atoms with Crippen LogP contribution in [0.3, 0.4) is 0 Å². The minimum absolute atomic E-state index is 0.910. The van der Waals surface area contributed by atoms with Gasteiger partial charge in [0.15, 0.2) is 0 Å². The fourth-order valence-electron chi connectivity index (χ4n) is 4.31. The van der Waals surface area contributed by atoms with Crippen LogP contribution in [0, 0.1) is 24.2 Å². The Bertz CT molecular complexity index is 1160. The molecule has 0 bridgehead atoms. The molecular formula is C25H16. The number of benzene rings is 3. The van der Waals surface area contributed by atoms with E-state index in [2.05, 4.69) is 66.3 Å². The highest BCUT2D eigenvalue weighted by atomic mass is 14.3. The van der Waals surface area contributed by atoms with Crippen LogP contribution in [0.15, 0.2) is 48.5 Å². The molecule has 0 heterocycles. The number of fused-ring (bicyclic) bond motifs is 6. The largest absolute Gasteiger partial charge is 0.115 e. The van der Waals surface area contributed by atoms with Crippen molar-refractivity contribution in [1.29, 1.82) is 0 Å². The van der Waals surface area contributed by atoms with Crippen LogP contribution >= 0.6 is 0 Å². The van der Waals surface area contributed by atoms with Gasteiger partial charge in [-0.2, -0.15) is 0 Å². The van der Waals surface area contributed by atoms with Crippen LogP contribution < -0.4 is 0 Å². The van der Waals surface area contributed by atoms with E-state index in [1.54, 1.807) is 0 Å². The van der Waals surface area contributed by atoms with Crippen molar-refractivity contribution in [1.82, 2.24) is 0 Å². The Morgan fingerprint density at radius 1 is 0.800 bits per heavy atom. The van der Waals surface area contributed by atoms with Crippen molar-refractivity contribution in [3.8, 4) is 46.4 Å². The minimum Gasteiger partial charge on any atom is -0.115 e. The first kappa shape index (κ1) is 14.2. The van der Waals surface area contributed by atoms with E-state index in [1.165, 1.54) is 44.5 Å². The van der Waals surface area contributed by atoms with E-state index in [0.717, 1.165) is 24.0 Å². The van der Waals surface area contributed by atoms with Crippen LogP contribution in [0.2, 0.25) is 0 Å². The molecule has 2 aliphatic carbocycles. The molecule has 0 heteroatoms. The van der Waals surface area contributed by atoms with E-state index in [1.807, 2.05) is 6.92 Å². The average molecular weight is 316 g/mol. The summed E-state index contributed by atoms with van der Waals surface area (Å²) in [6.07, 6.45) is 7.77. The van der Waals surface area contributed by atoms with Gasteiger partial charge in [0.25, 0.3) is 0 Å². The molecule has 0 amide bonds. The number of terminal acetylenes is 1. The molecule has 0 unspecified atom stereocenters. The van der Waals surface area contributed by atoms with Gasteiger partial charge in [-0.05, 0) is 76.4 Å². The molecule has 25 heavy (non-hydrogen) atoms. The van der Waals surface area contributed by atoms with Crippen LogP contribution in [0.1, 0.15) is 40.3 Å². The maximum atomic E-state index is 5.83. The van der Waals surface area contributed by atoms with Crippen molar-refractivity contribution in [2.45, 2.75) is 19.8 Å². The fraction of sp³-hybridized carbons (Fsp3) is 0.120. The zero-order valence-corrected chi connectivity index (χ0v) is 14.1. The zero-order valence-electron chi connectivity index (χ0n) is 14.1. The molecule has 0 atom stereocenters. The van der Waals surface area contributed by atoms with E-state index < -0.39 is 0 Å². The van der Waals surface area contributed by atoms with Gasteiger partial charge in [-0.15, -0.1) is 12.3 Å². The summed E-state index contributed by atoms with van der Waals surface area (Å²) < 4.78 is 0. The van der Waals surface area contributed by atoms with E-state index in [-0.39, 0.29) is 0 Å². The molecule has 2 aliphatic rings. The monoisotopic (exact) mass is 316 g/mol. The second kappa shape index (κ2) is 5.14. The Hall–Kier alpha value is -3.22. The summed E-state index contributed by atoms with van der Waals surface area (Å²) in [5, 5.41) is 0. The van der Waals surface area contributed by atoms with Crippen molar-refractivity contribution in [2.75, 3.05) is 0 Å². The lowest BCUT2D eigenvalue weighted by Gasteiger charge is -2.07. The normalized spacial score (nSPS) is 12.3. The predicted molar refractivity (Wildman–Crippen MR) is 103 cm³/mol. The van der Waals surface area contributed by atoms with Crippen molar-refractivity contribution in [3.05, 3.63) is 81.9 Å². The lowest BCUT2D eigenvalue weighted by Crippen LogP contribution is -1.92. The van der Waals surface area contributed by atoms with Gasteiger partial charge in [0.2, 0.25) is 0 Å². The van der Waals surface area contributed by atoms with Crippen LogP contribution in [-0.4, -0.2) is 0 Å². The summed E-state index contributed by atoms with van der Waals surface area (Å²) in [4.78, 5) is 0. The lowest BCUT2D eigenvalue weighted by atomic mass is 9.95. The second-order valence-electron chi connectivity index (χ2n) is 6.71. The molecule has 0 fully saturated rings. The Balaban J connectivity index is 1.73. The van der Waals surface area contributed by atoms with Crippen LogP contribution in [0.25, 0.3) is 22.3 Å². The summed E-state index contributed by atoms with van der Waals surface area (Å²) in [5.74, 6) is 9.01. The summed E-state index contributed by atoms with van der Waals surface area (Å²) in [7, 11) is 0. The molecule has 0 N–H and O–H groups in total. The topological polar surface area (TPSA) is 0 Å². The molecule has 3 aromatic carbocycles. The summed E-state index contributed by atoms with van der Waals surface area (Å²) in [6, 6.07) is 17.7. The third-order valence-corrected chi connectivity index (χ3v) is 5.39. The molecule has 116 valence electrons. The molecule has 0 saturated carbocycles. The average Bonchev–Trinajstić information content (AvgIpc) is 3.17. The highest BCUT2D eigenvalue weighted by Gasteiger charge is 2.26. The number of hydrogen-bond acceptors (Lipinski definition) is 0. The van der Waals surface area contributed by atoms with Gasteiger partial charge in [-0.1, -0.05) is 48.2 Å². The van der Waals surface area contributed by atoms with E-state index in [0.29, 0.717) is 0 Å². The maximum absolute atomic E-state index is 5.83. The van der Waals surface area contributed by atoms with Crippen molar-refractivity contribution < 1.29 is 0 Å². The third kappa shape index (κ3) is 1.92. The van der Waals surface area contributed by atoms with Gasteiger partial charge < -0.3 is 0 Å². The van der Waals surface area contributed by atoms with Crippen molar-refractivity contribution in [3.63, 3.8) is 0 Å². The molecule has 0 spiro atoms. The predicted octanol–water partition coefficient (Wildman–Crippen LogP) is 5.18. The Morgan fingerprint density at radius 2 is 1.60 bits per heavy atom. The van der Waals surface area contributed by atoms with Gasteiger partial charge >= 0.3 is 0 Å². The first-order valence-electron chi connectivity index (χ1n) is 8.60. The lowest BCUT2D eigenvalue weighted by molar-refractivity contribution is 1.21. The molecule has 0 nitrogen and oxygen atoms in total. The molecule has 0 aromatic heterocycles. The van der Waals surface area contributed by atoms with Crippen molar-refractivity contribution >= 4 is 0 Å². The highest BCUT2D eigenvalue weighted by molar-refractivity contribution is 5.87. The molecule has 3 aromatic rings. The molecule has 0 saturated heterocycles. The van der Waals surface area contributed by atoms with Gasteiger partial charge in [-0.3, -0.25) is 0 Å². The van der Waals surface area contributed by atoms with E-state index in [9.17, 15) is 0 Å². The fourth-order valence-corrected chi connectivity index (χ4v) is 4.31. The van der Waals surface area contributed by atoms with Gasteiger partial charge in [0, 0.05) is 11.1 Å². The van der Waals surface area contributed by atoms with Crippen LogP contribution in [0.4, 0.5) is 0 Å².